The third-order valence-corrected chi connectivity index (χ3v) is 4.77. The molecule has 0 fully saturated rings. The summed E-state index contributed by atoms with van der Waals surface area (Å²) in [6.45, 7) is -0.529. The van der Waals surface area contributed by atoms with Gasteiger partial charge in [-0.2, -0.15) is 0 Å². The van der Waals surface area contributed by atoms with Gasteiger partial charge < -0.3 is 14.9 Å². The number of hydrogen-bond acceptors (Lipinski definition) is 3. The van der Waals surface area contributed by atoms with Gasteiger partial charge in [-0.15, -0.1) is 0 Å². The van der Waals surface area contributed by atoms with Crippen LogP contribution in [0.2, 0.25) is 10.0 Å². The summed E-state index contributed by atoms with van der Waals surface area (Å²) in [5, 5.41) is 19.3. The van der Waals surface area contributed by atoms with E-state index < -0.39 is 18.4 Å². The molecule has 0 bridgehead atoms. The second kappa shape index (κ2) is 8.50. The van der Waals surface area contributed by atoms with Crippen LogP contribution in [-0.4, -0.2) is 22.8 Å². The molecule has 7 heteroatoms. The Morgan fingerprint density at radius 3 is 2.29 bits per heavy atom. The predicted octanol–water partition coefficient (Wildman–Crippen LogP) is 5.56. The molecule has 3 aromatic carbocycles. The van der Waals surface area contributed by atoms with Crippen LogP contribution in [-0.2, 0) is 11.2 Å². The zero-order chi connectivity index (χ0) is 20.3. The van der Waals surface area contributed by atoms with E-state index in [2.05, 4.69) is 0 Å². The number of carboxylic acids is 1. The first-order valence-electron chi connectivity index (χ1n) is 8.24. The van der Waals surface area contributed by atoms with Crippen molar-refractivity contribution in [3.05, 3.63) is 81.6 Å². The number of halogens is 3. The van der Waals surface area contributed by atoms with Gasteiger partial charge in [0.15, 0.2) is 6.61 Å². The van der Waals surface area contributed by atoms with Gasteiger partial charge in [-0.1, -0.05) is 53.5 Å². The Morgan fingerprint density at radius 2 is 1.68 bits per heavy atom. The molecule has 0 saturated heterocycles. The van der Waals surface area contributed by atoms with E-state index in [0.29, 0.717) is 16.7 Å². The van der Waals surface area contributed by atoms with Crippen molar-refractivity contribution in [1.29, 1.82) is 0 Å². The molecule has 0 aliphatic rings. The Kier molecular flexibility index (Phi) is 6.07. The number of aromatic hydroxyl groups is 1. The average Bonchev–Trinajstić information content (AvgIpc) is 2.65. The van der Waals surface area contributed by atoms with Crippen LogP contribution < -0.4 is 4.74 Å². The van der Waals surface area contributed by atoms with Crippen LogP contribution >= 0.6 is 23.2 Å². The van der Waals surface area contributed by atoms with Crippen molar-refractivity contribution < 1.29 is 24.1 Å². The Labute approximate surface area is 170 Å². The number of carboxylic acid groups (broad SMARTS) is 1. The maximum absolute atomic E-state index is 14.4. The molecule has 0 aliphatic carbocycles. The second-order valence-electron chi connectivity index (χ2n) is 6.05. The minimum absolute atomic E-state index is 0.0861. The number of phenols is 1. The highest BCUT2D eigenvalue weighted by molar-refractivity contribution is 6.36. The van der Waals surface area contributed by atoms with E-state index in [1.165, 1.54) is 12.1 Å². The van der Waals surface area contributed by atoms with Gasteiger partial charge in [-0.05, 0) is 34.9 Å². The fourth-order valence-corrected chi connectivity index (χ4v) is 3.36. The molecule has 144 valence electrons. The topological polar surface area (TPSA) is 66.8 Å². The van der Waals surface area contributed by atoms with Crippen molar-refractivity contribution in [1.82, 2.24) is 0 Å². The highest BCUT2D eigenvalue weighted by Gasteiger charge is 2.16. The van der Waals surface area contributed by atoms with Crippen molar-refractivity contribution in [2.24, 2.45) is 0 Å². The summed E-state index contributed by atoms with van der Waals surface area (Å²) in [4.78, 5) is 10.6. The largest absolute Gasteiger partial charge is 0.507 e. The van der Waals surface area contributed by atoms with Crippen LogP contribution in [0.4, 0.5) is 4.39 Å². The van der Waals surface area contributed by atoms with Crippen molar-refractivity contribution in [2.45, 2.75) is 6.42 Å². The van der Waals surface area contributed by atoms with Crippen molar-refractivity contribution in [2.75, 3.05) is 6.61 Å². The van der Waals surface area contributed by atoms with Gasteiger partial charge in [0.05, 0.1) is 0 Å². The van der Waals surface area contributed by atoms with Gasteiger partial charge in [0.25, 0.3) is 0 Å². The second-order valence-corrected chi connectivity index (χ2v) is 6.87. The number of rotatable bonds is 6. The Bertz CT molecular complexity index is 999. The van der Waals surface area contributed by atoms with Crippen LogP contribution in [0.5, 0.6) is 11.5 Å². The summed E-state index contributed by atoms with van der Waals surface area (Å²) in [7, 11) is 0. The zero-order valence-corrected chi connectivity index (χ0v) is 16.0. The molecule has 0 aromatic heterocycles. The van der Waals surface area contributed by atoms with Gasteiger partial charge in [0, 0.05) is 28.1 Å². The first-order chi connectivity index (χ1) is 13.3. The summed E-state index contributed by atoms with van der Waals surface area (Å²) in [6.07, 6.45) is 0.0861. The molecule has 2 N–H and O–H groups in total. The fourth-order valence-electron chi connectivity index (χ4n) is 2.76. The third kappa shape index (κ3) is 4.55. The van der Waals surface area contributed by atoms with E-state index in [-0.39, 0.29) is 28.0 Å². The smallest absolute Gasteiger partial charge is 0.341 e. The number of ether oxygens (including phenoxy) is 1. The lowest BCUT2D eigenvalue weighted by Crippen LogP contribution is -2.09. The van der Waals surface area contributed by atoms with Crippen molar-refractivity contribution in [3.8, 4) is 22.6 Å². The molecule has 0 amide bonds. The Morgan fingerprint density at radius 1 is 1.04 bits per heavy atom. The lowest BCUT2D eigenvalue weighted by molar-refractivity contribution is -0.139. The molecule has 4 nitrogen and oxygen atoms in total. The lowest BCUT2D eigenvalue weighted by Gasteiger charge is -2.13. The molecular formula is C21H15Cl2FO4. The maximum atomic E-state index is 14.4. The number of phenolic OH excluding ortho intramolecular Hbond substituents is 1. The molecule has 0 radical (unpaired) electrons. The standard InChI is InChI=1S/C21H15Cl2FO4/c22-17-8-14(28-11-21(26)27)9-18(23)16(17)7-13-6-15(20(25)10-19(13)24)12-4-2-1-3-5-12/h1-6,8-10,25H,7,11H2,(H,26,27). The van der Waals surface area contributed by atoms with E-state index in [4.69, 9.17) is 33.0 Å². The molecule has 0 unspecified atom stereocenters. The predicted molar refractivity (Wildman–Crippen MR) is 106 cm³/mol. The summed E-state index contributed by atoms with van der Waals surface area (Å²) in [6, 6.07) is 14.6. The molecule has 3 aromatic rings. The van der Waals surface area contributed by atoms with Gasteiger partial charge >= 0.3 is 5.97 Å². The van der Waals surface area contributed by atoms with E-state index in [0.717, 1.165) is 11.6 Å². The first kappa shape index (κ1) is 20.0. The van der Waals surface area contributed by atoms with Crippen LogP contribution in [0.3, 0.4) is 0 Å². The molecule has 0 spiro atoms. The monoisotopic (exact) mass is 420 g/mol. The van der Waals surface area contributed by atoms with Crippen LogP contribution in [0, 0.1) is 5.82 Å². The van der Waals surface area contributed by atoms with E-state index in [1.54, 1.807) is 6.07 Å². The van der Waals surface area contributed by atoms with Gasteiger partial charge in [-0.3, -0.25) is 0 Å². The molecule has 0 atom stereocenters. The SMILES string of the molecule is O=C(O)COc1cc(Cl)c(Cc2cc(-c3ccccc3)c(O)cc2F)c(Cl)c1. The first-order valence-corrected chi connectivity index (χ1v) is 9.00. The molecular weight excluding hydrogens is 406 g/mol. The number of benzene rings is 3. The Balaban J connectivity index is 1.94. The summed E-state index contributed by atoms with van der Waals surface area (Å²) >= 11 is 12.5. The number of carbonyl (C=O) groups is 1. The van der Waals surface area contributed by atoms with Gasteiger partial charge in [0.1, 0.15) is 17.3 Å². The highest BCUT2D eigenvalue weighted by Crippen LogP contribution is 2.36. The van der Waals surface area contributed by atoms with E-state index in [1.807, 2.05) is 30.3 Å². The summed E-state index contributed by atoms with van der Waals surface area (Å²) in [5.74, 6) is -1.68. The summed E-state index contributed by atoms with van der Waals surface area (Å²) in [5.41, 5.74) is 2.01. The van der Waals surface area contributed by atoms with E-state index in [9.17, 15) is 14.3 Å². The lowest BCUT2D eigenvalue weighted by atomic mass is 9.97. The quantitative estimate of drug-likeness (QED) is 0.547. The highest BCUT2D eigenvalue weighted by atomic mass is 35.5. The average molecular weight is 421 g/mol. The minimum Gasteiger partial charge on any atom is -0.507 e. The van der Waals surface area contributed by atoms with Crippen molar-refractivity contribution >= 4 is 29.2 Å². The van der Waals surface area contributed by atoms with Crippen LogP contribution in [0.15, 0.2) is 54.6 Å². The fraction of sp³-hybridized carbons (Fsp3) is 0.0952. The minimum atomic E-state index is -1.13. The van der Waals surface area contributed by atoms with Crippen LogP contribution in [0.1, 0.15) is 11.1 Å². The van der Waals surface area contributed by atoms with Crippen LogP contribution in [0.25, 0.3) is 11.1 Å². The number of hydrogen-bond donors (Lipinski definition) is 2. The molecule has 28 heavy (non-hydrogen) atoms. The molecule has 0 aliphatic heterocycles. The van der Waals surface area contributed by atoms with Gasteiger partial charge in [0.2, 0.25) is 0 Å². The normalized spacial score (nSPS) is 10.7. The van der Waals surface area contributed by atoms with Gasteiger partial charge in [-0.25, -0.2) is 9.18 Å². The number of aliphatic carboxylic acids is 1. The zero-order valence-electron chi connectivity index (χ0n) is 14.5. The Hall–Kier alpha value is -2.76. The molecule has 0 saturated carbocycles. The third-order valence-electron chi connectivity index (χ3n) is 4.09. The summed E-state index contributed by atoms with van der Waals surface area (Å²) < 4.78 is 19.5. The molecule has 3 rings (SSSR count). The maximum Gasteiger partial charge on any atom is 0.341 e. The van der Waals surface area contributed by atoms with E-state index >= 15 is 0 Å². The molecule has 0 heterocycles. The van der Waals surface area contributed by atoms with Crippen molar-refractivity contribution in [3.63, 3.8) is 0 Å².